The molecular formula is C19H15F3N4O. The number of hydrogen-bond donors (Lipinski definition) is 2. The average molecular weight is 372 g/mol. The van der Waals surface area contributed by atoms with Crippen LogP contribution in [-0.2, 0) is 6.18 Å². The first-order chi connectivity index (χ1) is 12.8. The Bertz CT molecular complexity index is 921. The Labute approximate surface area is 153 Å². The van der Waals surface area contributed by atoms with Crippen molar-refractivity contribution in [3.8, 4) is 0 Å². The maximum atomic E-state index is 12.6. The SMILES string of the molecule is Cc1ccc(NC(=O)c2ccc(Nc3ccc(C(F)(F)F)cc3)nn2)cc1. The molecule has 0 aliphatic carbocycles. The number of hydrogen-bond acceptors (Lipinski definition) is 4. The molecule has 8 heteroatoms. The van der Waals surface area contributed by atoms with Gasteiger partial charge in [0.2, 0.25) is 0 Å². The van der Waals surface area contributed by atoms with Crippen LogP contribution in [0.5, 0.6) is 0 Å². The van der Waals surface area contributed by atoms with Crippen LogP contribution in [0.15, 0.2) is 60.7 Å². The topological polar surface area (TPSA) is 66.9 Å². The summed E-state index contributed by atoms with van der Waals surface area (Å²) in [6.45, 7) is 1.94. The lowest BCUT2D eigenvalue weighted by atomic mass is 10.2. The number of aromatic nitrogens is 2. The summed E-state index contributed by atoms with van der Waals surface area (Å²) < 4.78 is 37.7. The minimum atomic E-state index is -4.38. The second kappa shape index (κ2) is 7.45. The van der Waals surface area contributed by atoms with E-state index in [-0.39, 0.29) is 5.69 Å². The van der Waals surface area contributed by atoms with E-state index in [0.29, 0.717) is 17.2 Å². The first kappa shape index (κ1) is 18.4. The van der Waals surface area contributed by atoms with E-state index in [0.717, 1.165) is 17.7 Å². The van der Waals surface area contributed by atoms with E-state index in [4.69, 9.17) is 0 Å². The van der Waals surface area contributed by atoms with Crippen LogP contribution in [0.1, 0.15) is 21.6 Å². The zero-order chi connectivity index (χ0) is 19.4. The van der Waals surface area contributed by atoms with Gasteiger partial charge in [-0.15, -0.1) is 10.2 Å². The van der Waals surface area contributed by atoms with Crippen molar-refractivity contribution in [2.75, 3.05) is 10.6 Å². The predicted octanol–water partition coefficient (Wildman–Crippen LogP) is 4.80. The molecule has 1 aromatic heterocycles. The molecule has 0 aliphatic heterocycles. The Balaban J connectivity index is 1.64. The van der Waals surface area contributed by atoms with Crippen LogP contribution < -0.4 is 10.6 Å². The van der Waals surface area contributed by atoms with E-state index in [1.54, 1.807) is 12.1 Å². The summed E-state index contributed by atoms with van der Waals surface area (Å²) in [5.74, 6) is -0.103. The molecule has 0 radical (unpaired) electrons. The van der Waals surface area contributed by atoms with E-state index in [9.17, 15) is 18.0 Å². The standard InChI is InChI=1S/C19H15F3N4O/c1-12-2-6-15(7-3-12)24-18(27)16-10-11-17(26-25-16)23-14-8-4-13(5-9-14)19(20,21)22/h2-11H,1H3,(H,23,26)(H,24,27). The Morgan fingerprint density at radius 3 is 2.04 bits per heavy atom. The molecule has 2 aromatic carbocycles. The number of alkyl halides is 3. The highest BCUT2D eigenvalue weighted by molar-refractivity contribution is 6.02. The van der Waals surface area contributed by atoms with Crippen molar-refractivity contribution < 1.29 is 18.0 Å². The Morgan fingerprint density at radius 2 is 1.48 bits per heavy atom. The molecule has 0 saturated heterocycles. The third kappa shape index (κ3) is 4.81. The van der Waals surface area contributed by atoms with E-state index in [1.165, 1.54) is 24.3 Å². The predicted molar refractivity (Wildman–Crippen MR) is 95.9 cm³/mol. The summed E-state index contributed by atoms with van der Waals surface area (Å²) in [5, 5.41) is 13.3. The van der Waals surface area contributed by atoms with Crippen molar-refractivity contribution in [2.24, 2.45) is 0 Å². The fourth-order valence-electron chi connectivity index (χ4n) is 2.24. The Morgan fingerprint density at radius 1 is 0.852 bits per heavy atom. The molecule has 5 nitrogen and oxygen atoms in total. The fourth-order valence-corrected chi connectivity index (χ4v) is 2.24. The molecule has 138 valence electrons. The number of halogens is 3. The molecule has 1 amide bonds. The number of carbonyl (C=O) groups excluding carboxylic acids is 1. The lowest BCUT2D eigenvalue weighted by Gasteiger charge is -2.09. The Hall–Kier alpha value is -3.42. The minimum Gasteiger partial charge on any atom is -0.339 e. The normalized spacial score (nSPS) is 11.1. The number of benzene rings is 2. The van der Waals surface area contributed by atoms with E-state index >= 15 is 0 Å². The molecule has 1 heterocycles. The van der Waals surface area contributed by atoms with Gasteiger partial charge >= 0.3 is 6.18 Å². The summed E-state index contributed by atoms with van der Waals surface area (Å²) >= 11 is 0. The molecule has 0 bridgehead atoms. The number of anilines is 3. The molecular weight excluding hydrogens is 357 g/mol. The first-order valence-corrected chi connectivity index (χ1v) is 7.97. The largest absolute Gasteiger partial charge is 0.416 e. The number of nitrogens with one attached hydrogen (secondary N) is 2. The summed E-state index contributed by atoms with van der Waals surface area (Å²) in [4.78, 5) is 12.2. The van der Waals surface area contributed by atoms with Gasteiger partial charge in [0.05, 0.1) is 5.56 Å². The summed E-state index contributed by atoms with van der Waals surface area (Å²) in [6, 6.07) is 14.8. The molecule has 2 N–H and O–H groups in total. The van der Waals surface area contributed by atoms with Gasteiger partial charge in [0, 0.05) is 11.4 Å². The molecule has 3 aromatic rings. The first-order valence-electron chi connectivity index (χ1n) is 7.97. The average Bonchev–Trinajstić information content (AvgIpc) is 2.64. The molecule has 0 spiro atoms. The lowest BCUT2D eigenvalue weighted by Crippen LogP contribution is -2.14. The van der Waals surface area contributed by atoms with Crippen LogP contribution in [0, 0.1) is 6.92 Å². The lowest BCUT2D eigenvalue weighted by molar-refractivity contribution is -0.137. The Kier molecular flexibility index (Phi) is 5.07. The summed E-state index contributed by atoms with van der Waals surface area (Å²) in [6.07, 6.45) is -4.38. The summed E-state index contributed by atoms with van der Waals surface area (Å²) in [5.41, 5.74) is 1.52. The van der Waals surface area contributed by atoms with Gasteiger partial charge in [-0.3, -0.25) is 4.79 Å². The van der Waals surface area contributed by atoms with Gasteiger partial charge in [0.25, 0.3) is 5.91 Å². The quantitative estimate of drug-likeness (QED) is 0.690. The van der Waals surface area contributed by atoms with Crippen LogP contribution in [0.25, 0.3) is 0 Å². The smallest absolute Gasteiger partial charge is 0.339 e. The van der Waals surface area contributed by atoms with Gasteiger partial charge in [0.15, 0.2) is 11.5 Å². The van der Waals surface area contributed by atoms with Crippen molar-refractivity contribution in [2.45, 2.75) is 13.1 Å². The second-order valence-electron chi connectivity index (χ2n) is 5.82. The van der Waals surface area contributed by atoms with Gasteiger partial charge in [-0.2, -0.15) is 13.2 Å². The van der Waals surface area contributed by atoms with Crippen LogP contribution in [0.4, 0.5) is 30.4 Å². The molecule has 0 fully saturated rings. The van der Waals surface area contributed by atoms with E-state index in [2.05, 4.69) is 20.8 Å². The van der Waals surface area contributed by atoms with Crippen molar-refractivity contribution in [3.63, 3.8) is 0 Å². The van der Waals surface area contributed by atoms with Gasteiger partial charge in [-0.25, -0.2) is 0 Å². The number of amides is 1. The van der Waals surface area contributed by atoms with Crippen LogP contribution in [0.3, 0.4) is 0 Å². The van der Waals surface area contributed by atoms with E-state index in [1.807, 2.05) is 19.1 Å². The number of aryl methyl sites for hydroxylation is 1. The minimum absolute atomic E-state index is 0.119. The van der Waals surface area contributed by atoms with Crippen molar-refractivity contribution in [1.82, 2.24) is 10.2 Å². The fraction of sp³-hybridized carbons (Fsp3) is 0.105. The highest BCUT2D eigenvalue weighted by Gasteiger charge is 2.29. The second-order valence-corrected chi connectivity index (χ2v) is 5.82. The van der Waals surface area contributed by atoms with Crippen LogP contribution >= 0.6 is 0 Å². The van der Waals surface area contributed by atoms with Gasteiger partial charge < -0.3 is 10.6 Å². The molecule has 0 atom stereocenters. The maximum Gasteiger partial charge on any atom is 0.416 e. The van der Waals surface area contributed by atoms with Gasteiger partial charge in [-0.05, 0) is 55.5 Å². The van der Waals surface area contributed by atoms with Crippen molar-refractivity contribution in [3.05, 3.63) is 77.5 Å². The van der Waals surface area contributed by atoms with Gasteiger partial charge in [-0.1, -0.05) is 17.7 Å². The number of carbonyl (C=O) groups is 1. The third-order valence-corrected chi connectivity index (χ3v) is 3.69. The molecule has 3 rings (SSSR count). The van der Waals surface area contributed by atoms with Crippen LogP contribution in [0.2, 0.25) is 0 Å². The maximum absolute atomic E-state index is 12.6. The highest BCUT2D eigenvalue weighted by atomic mass is 19.4. The van der Waals surface area contributed by atoms with Gasteiger partial charge in [0.1, 0.15) is 0 Å². The molecule has 0 unspecified atom stereocenters. The number of nitrogens with zero attached hydrogens (tertiary/aromatic N) is 2. The number of rotatable bonds is 4. The van der Waals surface area contributed by atoms with E-state index < -0.39 is 17.6 Å². The highest BCUT2D eigenvalue weighted by Crippen LogP contribution is 2.30. The molecule has 27 heavy (non-hydrogen) atoms. The van der Waals surface area contributed by atoms with Crippen molar-refractivity contribution >= 4 is 23.1 Å². The third-order valence-electron chi connectivity index (χ3n) is 3.69. The zero-order valence-corrected chi connectivity index (χ0v) is 14.2. The molecule has 0 saturated carbocycles. The monoisotopic (exact) mass is 372 g/mol. The van der Waals surface area contributed by atoms with Crippen molar-refractivity contribution in [1.29, 1.82) is 0 Å². The van der Waals surface area contributed by atoms with Crippen LogP contribution in [-0.4, -0.2) is 16.1 Å². The molecule has 0 aliphatic rings. The summed E-state index contributed by atoms with van der Waals surface area (Å²) in [7, 11) is 0. The zero-order valence-electron chi connectivity index (χ0n) is 14.2.